The first kappa shape index (κ1) is 22.5. The fourth-order valence-corrected chi connectivity index (χ4v) is 2.57. The van der Waals surface area contributed by atoms with Crippen LogP contribution in [0.25, 0.3) is 0 Å². The Balaban J connectivity index is 2.03. The first-order valence-electron chi connectivity index (χ1n) is 8.82. The average molecular weight is 418 g/mol. The van der Waals surface area contributed by atoms with Crippen LogP contribution in [0.5, 0.6) is 17.2 Å². The minimum Gasteiger partial charge on any atom is -0.496 e. The van der Waals surface area contributed by atoms with Crippen molar-refractivity contribution in [2.75, 3.05) is 21.3 Å². The van der Waals surface area contributed by atoms with Gasteiger partial charge in [-0.25, -0.2) is 4.79 Å². The molecule has 0 fully saturated rings. The van der Waals surface area contributed by atoms with Gasteiger partial charge in [0.1, 0.15) is 11.3 Å². The van der Waals surface area contributed by atoms with Crippen molar-refractivity contribution in [2.24, 2.45) is 0 Å². The highest BCUT2D eigenvalue weighted by Gasteiger charge is 2.23. The van der Waals surface area contributed by atoms with Crippen LogP contribution >= 0.6 is 0 Å². The van der Waals surface area contributed by atoms with Gasteiger partial charge in [0, 0.05) is 18.7 Å². The van der Waals surface area contributed by atoms with E-state index >= 15 is 0 Å². The molecule has 0 heterocycles. The lowest BCUT2D eigenvalue weighted by Gasteiger charge is -2.15. The summed E-state index contributed by atoms with van der Waals surface area (Å²) in [4.78, 5) is 35.0. The van der Waals surface area contributed by atoms with Crippen LogP contribution in [0.4, 0.5) is 5.69 Å². The number of nitro benzene ring substituents is 1. The number of benzene rings is 2. The number of nitrogens with zero attached hydrogens (tertiary/aromatic N) is 1. The molecular formula is C20H22N2O8. The first-order chi connectivity index (χ1) is 14.3. The number of carbonyl (C=O) groups is 2. The van der Waals surface area contributed by atoms with Crippen LogP contribution in [0.15, 0.2) is 36.4 Å². The van der Waals surface area contributed by atoms with Gasteiger partial charge in [0.2, 0.25) is 0 Å². The van der Waals surface area contributed by atoms with E-state index in [-0.39, 0.29) is 23.5 Å². The maximum Gasteiger partial charge on any atom is 0.342 e. The fourth-order valence-electron chi connectivity index (χ4n) is 2.57. The predicted octanol–water partition coefficient (Wildman–Crippen LogP) is 2.48. The lowest BCUT2D eigenvalue weighted by atomic mass is 10.1. The molecule has 0 aliphatic rings. The number of nitrogens with one attached hydrogen (secondary N) is 1. The van der Waals surface area contributed by atoms with Crippen molar-refractivity contribution in [3.05, 3.63) is 57.6 Å². The van der Waals surface area contributed by atoms with Crippen molar-refractivity contribution in [3.8, 4) is 17.2 Å². The Morgan fingerprint density at radius 2 is 1.63 bits per heavy atom. The quantitative estimate of drug-likeness (QED) is 0.374. The molecule has 0 bridgehead atoms. The van der Waals surface area contributed by atoms with Gasteiger partial charge in [-0.2, -0.15) is 0 Å². The van der Waals surface area contributed by atoms with Crippen molar-refractivity contribution in [3.63, 3.8) is 0 Å². The SMILES string of the molecule is COc1ccc(CNC(=O)[C@@H](C)OC(=O)c2cc([N+](=O)[O-])ccc2OC)cc1OC. The van der Waals surface area contributed by atoms with Gasteiger partial charge >= 0.3 is 5.97 Å². The molecule has 0 saturated heterocycles. The van der Waals surface area contributed by atoms with Crippen LogP contribution in [-0.4, -0.2) is 44.2 Å². The van der Waals surface area contributed by atoms with E-state index in [0.717, 1.165) is 11.6 Å². The van der Waals surface area contributed by atoms with Gasteiger partial charge in [0.05, 0.1) is 26.3 Å². The third-order valence-corrected chi connectivity index (χ3v) is 4.18. The molecule has 10 heteroatoms. The highest BCUT2D eigenvalue weighted by molar-refractivity contribution is 5.95. The number of rotatable bonds is 9. The van der Waals surface area contributed by atoms with Crippen LogP contribution in [0.2, 0.25) is 0 Å². The molecular weight excluding hydrogens is 396 g/mol. The molecule has 2 aromatic rings. The number of hydrogen-bond acceptors (Lipinski definition) is 8. The van der Waals surface area contributed by atoms with Gasteiger partial charge in [-0.1, -0.05) is 6.07 Å². The first-order valence-corrected chi connectivity index (χ1v) is 8.82. The number of non-ortho nitro benzene ring substituents is 1. The van der Waals surface area contributed by atoms with Gasteiger partial charge in [0.25, 0.3) is 11.6 Å². The molecule has 0 aliphatic heterocycles. The summed E-state index contributed by atoms with van der Waals surface area (Å²) in [5.41, 5.74) is 0.305. The van der Waals surface area contributed by atoms with Crippen LogP contribution in [0.3, 0.4) is 0 Å². The zero-order chi connectivity index (χ0) is 22.3. The van der Waals surface area contributed by atoms with Gasteiger partial charge in [0.15, 0.2) is 17.6 Å². The van der Waals surface area contributed by atoms with E-state index in [1.54, 1.807) is 18.2 Å². The van der Waals surface area contributed by atoms with Gasteiger partial charge in [-0.05, 0) is 30.7 Å². The Morgan fingerprint density at radius 1 is 1.00 bits per heavy atom. The summed E-state index contributed by atoms with van der Waals surface area (Å²) in [6, 6.07) is 8.70. The molecule has 1 atom stereocenters. The van der Waals surface area contributed by atoms with Crippen molar-refractivity contribution in [1.82, 2.24) is 5.32 Å². The summed E-state index contributed by atoms with van der Waals surface area (Å²) in [5, 5.41) is 13.6. The van der Waals surface area contributed by atoms with Gasteiger partial charge < -0.3 is 24.3 Å². The molecule has 2 aromatic carbocycles. The second-order valence-electron chi connectivity index (χ2n) is 6.10. The Hall–Kier alpha value is -3.82. The van der Waals surface area contributed by atoms with Crippen LogP contribution in [-0.2, 0) is 16.1 Å². The number of amides is 1. The van der Waals surface area contributed by atoms with E-state index in [0.29, 0.717) is 11.5 Å². The van der Waals surface area contributed by atoms with Gasteiger partial charge in [-0.15, -0.1) is 0 Å². The molecule has 0 spiro atoms. The van der Waals surface area contributed by atoms with Crippen LogP contribution in [0, 0.1) is 10.1 Å². The summed E-state index contributed by atoms with van der Waals surface area (Å²) in [7, 11) is 4.34. The third-order valence-electron chi connectivity index (χ3n) is 4.18. The smallest absolute Gasteiger partial charge is 0.342 e. The standard InChI is InChI=1S/C20H22N2O8/c1-12(19(23)21-11-13-5-7-17(28-3)18(9-13)29-4)30-20(24)15-10-14(22(25)26)6-8-16(15)27-2/h5-10,12H,11H2,1-4H3,(H,21,23)/t12-/m1/s1. The number of nitro groups is 1. The molecule has 2 rings (SSSR count). The minimum atomic E-state index is -1.14. The Morgan fingerprint density at radius 3 is 2.23 bits per heavy atom. The highest BCUT2D eigenvalue weighted by atomic mass is 16.6. The number of esters is 1. The van der Waals surface area contributed by atoms with Crippen molar-refractivity contribution in [1.29, 1.82) is 0 Å². The maximum atomic E-state index is 12.4. The molecule has 10 nitrogen and oxygen atoms in total. The molecule has 0 radical (unpaired) electrons. The number of methoxy groups -OCH3 is 3. The maximum absolute atomic E-state index is 12.4. The average Bonchev–Trinajstić information content (AvgIpc) is 2.76. The molecule has 0 saturated carbocycles. The van der Waals surface area contributed by atoms with Crippen molar-refractivity contribution >= 4 is 17.6 Å². The number of ether oxygens (including phenoxy) is 4. The van der Waals surface area contributed by atoms with E-state index in [1.165, 1.54) is 40.4 Å². The Bertz CT molecular complexity index is 944. The van der Waals surface area contributed by atoms with Crippen LogP contribution in [0.1, 0.15) is 22.8 Å². The molecule has 0 aliphatic carbocycles. The zero-order valence-corrected chi connectivity index (χ0v) is 17.0. The highest BCUT2D eigenvalue weighted by Crippen LogP contribution is 2.27. The van der Waals surface area contributed by atoms with E-state index < -0.39 is 22.9 Å². The summed E-state index contributed by atoms with van der Waals surface area (Å²) >= 11 is 0. The molecule has 30 heavy (non-hydrogen) atoms. The zero-order valence-electron chi connectivity index (χ0n) is 17.0. The van der Waals surface area contributed by atoms with E-state index in [2.05, 4.69) is 5.32 Å². The topological polar surface area (TPSA) is 126 Å². The van der Waals surface area contributed by atoms with E-state index in [1.807, 2.05) is 0 Å². The number of carbonyl (C=O) groups excluding carboxylic acids is 2. The fraction of sp³-hybridized carbons (Fsp3) is 0.300. The second kappa shape index (κ2) is 10.1. The molecule has 0 unspecified atom stereocenters. The predicted molar refractivity (Wildman–Crippen MR) is 106 cm³/mol. The van der Waals surface area contributed by atoms with Crippen molar-refractivity contribution in [2.45, 2.75) is 19.6 Å². The lowest BCUT2D eigenvalue weighted by Crippen LogP contribution is -2.35. The molecule has 1 N–H and O–H groups in total. The van der Waals surface area contributed by atoms with Crippen LogP contribution < -0.4 is 19.5 Å². The molecule has 1 amide bonds. The lowest BCUT2D eigenvalue weighted by molar-refractivity contribution is -0.384. The van der Waals surface area contributed by atoms with E-state index in [9.17, 15) is 19.7 Å². The number of hydrogen-bond donors (Lipinski definition) is 1. The second-order valence-corrected chi connectivity index (χ2v) is 6.10. The normalized spacial score (nSPS) is 11.2. The summed E-state index contributed by atoms with van der Waals surface area (Å²) < 4.78 is 20.6. The van der Waals surface area contributed by atoms with E-state index in [4.69, 9.17) is 18.9 Å². The molecule has 0 aromatic heterocycles. The monoisotopic (exact) mass is 418 g/mol. The largest absolute Gasteiger partial charge is 0.496 e. The summed E-state index contributed by atoms with van der Waals surface area (Å²) in [6.07, 6.45) is -1.14. The van der Waals surface area contributed by atoms with Crippen molar-refractivity contribution < 1.29 is 33.5 Å². The third kappa shape index (κ3) is 5.37. The van der Waals surface area contributed by atoms with Gasteiger partial charge in [-0.3, -0.25) is 14.9 Å². The summed E-state index contributed by atoms with van der Waals surface area (Å²) in [6.45, 7) is 1.56. The Kier molecular flexibility index (Phi) is 7.56. The Labute approximate surface area is 172 Å². The summed E-state index contributed by atoms with van der Waals surface area (Å²) in [5.74, 6) is -0.280. The molecule has 160 valence electrons. The minimum absolute atomic E-state index is 0.100.